The van der Waals surface area contributed by atoms with E-state index < -0.39 is 30.2 Å². The van der Waals surface area contributed by atoms with Gasteiger partial charge in [-0.15, -0.1) is 0 Å². The van der Waals surface area contributed by atoms with E-state index in [9.17, 15) is 20.1 Å². The van der Waals surface area contributed by atoms with Crippen LogP contribution in [-0.2, 0) is 4.79 Å². The maximum Gasteiger partial charge on any atom is 0.306 e. The number of aliphatic carboxylic acids is 1. The predicted octanol–water partition coefficient (Wildman–Crippen LogP) is 5.05. The number of hydrogen-bond acceptors (Lipinski definition) is 4. The van der Waals surface area contributed by atoms with E-state index in [1.165, 1.54) is 77.6 Å². The van der Waals surface area contributed by atoms with Crippen molar-refractivity contribution in [3.8, 4) is 0 Å². The largest absolute Gasteiger partial charge is 0.481 e. The van der Waals surface area contributed by atoms with Crippen LogP contribution in [0.4, 0.5) is 0 Å². The molecular formula is C23H46O5. The molecule has 5 nitrogen and oxygen atoms in total. The molecule has 0 fully saturated rings. The molecule has 2 unspecified atom stereocenters. The molecule has 0 spiro atoms. The second-order valence-electron chi connectivity index (χ2n) is 8.59. The predicted molar refractivity (Wildman–Crippen MR) is 114 cm³/mol. The number of hydrogen-bond donors (Lipinski definition) is 4. The average molecular weight is 403 g/mol. The molecule has 0 saturated carbocycles. The molecule has 0 bridgehead atoms. The number of carboxylic acid groups (broad SMARTS) is 1. The molecule has 5 heteroatoms. The Hall–Kier alpha value is -0.650. The molecule has 0 aliphatic rings. The van der Waals surface area contributed by atoms with Crippen LogP contribution in [0.3, 0.4) is 0 Å². The van der Waals surface area contributed by atoms with Crippen molar-refractivity contribution in [1.82, 2.24) is 0 Å². The van der Waals surface area contributed by atoms with Crippen molar-refractivity contribution >= 4 is 5.97 Å². The highest BCUT2D eigenvalue weighted by molar-refractivity contribution is 5.69. The van der Waals surface area contributed by atoms with E-state index in [0.29, 0.717) is 6.42 Å². The fourth-order valence-corrected chi connectivity index (χ4v) is 3.82. The summed E-state index contributed by atoms with van der Waals surface area (Å²) in [5.41, 5.74) is -1.52. The van der Waals surface area contributed by atoms with Gasteiger partial charge in [0.1, 0.15) is 6.10 Å². The van der Waals surface area contributed by atoms with Crippen molar-refractivity contribution in [2.24, 2.45) is 5.92 Å². The fraction of sp³-hybridized carbons (Fsp3) is 0.957. The van der Waals surface area contributed by atoms with Crippen molar-refractivity contribution in [2.45, 2.75) is 128 Å². The van der Waals surface area contributed by atoms with Gasteiger partial charge in [0.05, 0.1) is 18.1 Å². The molecule has 0 aromatic carbocycles. The monoisotopic (exact) mass is 402 g/mol. The number of rotatable bonds is 20. The van der Waals surface area contributed by atoms with Gasteiger partial charge in [0.2, 0.25) is 0 Å². The highest BCUT2D eigenvalue weighted by Crippen LogP contribution is 2.28. The van der Waals surface area contributed by atoms with Gasteiger partial charge in [-0.2, -0.15) is 0 Å². The lowest BCUT2D eigenvalue weighted by Gasteiger charge is -2.33. The first-order valence-corrected chi connectivity index (χ1v) is 11.6. The molecule has 0 aliphatic heterocycles. The van der Waals surface area contributed by atoms with Crippen LogP contribution in [-0.4, -0.2) is 44.7 Å². The quantitative estimate of drug-likeness (QED) is 0.214. The number of aliphatic hydroxyl groups is 3. The van der Waals surface area contributed by atoms with Crippen molar-refractivity contribution in [2.75, 3.05) is 6.61 Å². The lowest BCUT2D eigenvalue weighted by atomic mass is 9.82. The normalized spacial score (nSPS) is 15.9. The van der Waals surface area contributed by atoms with Gasteiger partial charge < -0.3 is 20.4 Å². The number of unbranched alkanes of at least 4 members (excludes halogenated alkanes) is 13. The van der Waals surface area contributed by atoms with Crippen LogP contribution in [0, 0.1) is 5.92 Å². The van der Waals surface area contributed by atoms with E-state index in [0.717, 1.165) is 19.3 Å². The summed E-state index contributed by atoms with van der Waals surface area (Å²) in [5.74, 6) is -1.75. The summed E-state index contributed by atoms with van der Waals surface area (Å²) in [4.78, 5) is 11.0. The highest BCUT2D eigenvalue weighted by Gasteiger charge is 2.37. The Bertz CT molecular complexity index is 374. The molecule has 0 rings (SSSR count). The number of aliphatic hydroxyl groups excluding tert-OH is 2. The van der Waals surface area contributed by atoms with Gasteiger partial charge in [-0.25, -0.2) is 0 Å². The minimum Gasteiger partial charge on any atom is -0.481 e. The fourth-order valence-electron chi connectivity index (χ4n) is 3.82. The van der Waals surface area contributed by atoms with Gasteiger partial charge in [-0.3, -0.25) is 4.79 Å². The molecule has 4 N–H and O–H groups in total. The molecule has 0 aromatic heterocycles. The van der Waals surface area contributed by atoms with Crippen molar-refractivity contribution in [1.29, 1.82) is 0 Å². The summed E-state index contributed by atoms with van der Waals surface area (Å²) >= 11 is 0. The minimum absolute atomic E-state index is 0.0392. The number of carbonyl (C=O) groups is 1. The molecule has 0 saturated heterocycles. The molecule has 3 atom stereocenters. The SMILES string of the molecule is CCCCCCCCCCCCCCCC[C@](O)(CC(C)C(=O)O)C(O)CO. The summed E-state index contributed by atoms with van der Waals surface area (Å²) in [7, 11) is 0. The van der Waals surface area contributed by atoms with Crippen molar-refractivity contribution in [3.05, 3.63) is 0 Å². The lowest BCUT2D eigenvalue weighted by Crippen LogP contribution is -2.46. The molecular weight excluding hydrogens is 356 g/mol. The summed E-state index contributed by atoms with van der Waals surface area (Å²) in [6.45, 7) is 3.21. The van der Waals surface area contributed by atoms with E-state index in [1.807, 2.05) is 0 Å². The van der Waals surface area contributed by atoms with Crippen LogP contribution in [0.2, 0.25) is 0 Å². The van der Waals surface area contributed by atoms with Gasteiger partial charge >= 0.3 is 5.97 Å². The maximum atomic E-state index is 11.0. The molecule has 0 aromatic rings. The molecule has 0 aliphatic carbocycles. The topological polar surface area (TPSA) is 98.0 Å². The second kappa shape index (κ2) is 17.2. The third-order valence-corrected chi connectivity index (χ3v) is 5.84. The summed E-state index contributed by atoms with van der Waals surface area (Å²) in [5, 5.41) is 38.8. The zero-order valence-electron chi connectivity index (χ0n) is 18.4. The Labute approximate surface area is 172 Å². The Kier molecular flexibility index (Phi) is 16.8. The van der Waals surface area contributed by atoms with Crippen LogP contribution in [0.1, 0.15) is 117 Å². The second-order valence-corrected chi connectivity index (χ2v) is 8.59. The third-order valence-electron chi connectivity index (χ3n) is 5.84. The maximum absolute atomic E-state index is 11.0. The van der Waals surface area contributed by atoms with Crippen LogP contribution < -0.4 is 0 Å². The van der Waals surface area contributed by atoms with Gasteiger partial charge in [-0.1, -0.05) is 104 Å². The lowest BCUT2D eigenvalue weighted by molar-refractivity contribution is -0.149. The Morgan fingerprint density at radius 1 is 0.821 bits per heavy atom. The van der Waals surface area contributed by atoms with E-state index in [1.54, 1.807) is 0 Å². The van der Waals surface area contributed by atoms with Gasteiger partial charge in [0.15, 0.2) is 0 Å². The summed E-state index contributed by atoms with van der Waals surface area (Å²) in [6.07, 6.45) is 16.4. The average Bonchev–Trinajstić information content (AvgIpc) is 2.67. The first-order valence-electron chi connectivity index (χ1n) is 11.6. The van der Waals surface area contributed by atoms with Gasteiger partial charge in [0, 0.05) is 0 Å². The summed E-state index contributed by atoms with van der Waals surface area (Å²) < 4.78 is 0. The Morgan fingerprint density at radius 2 is 1.21 bits per heavy atom. The standard InChI is InChI=1S/C23H46O5/c1-3-4-5-6-7-8-9-10-11-12-13-14-15-16-17-23(28,21(25)19-24)18-20(2)22(26)27/h20-21,24-25,28H,3-19H2,1-2H3,(H,26,27)/t20?,21?,23-/m0/s1. The van der Waals surface area contributed by atoms with Gasteiger partial charge in [0.25, 0.3) is 0 Å². The molecule has 168 valence electrons. The van der Waals surface area contributed by atoms with Crippen molar-refractivity contribution < 1.29 is 25.2 Å². The van der Waals surface area contributed by atoms with Crippen LogP contribution in [0.15, 0.2) is 0 Å². The van der Waals surface area contributed by atoms with Crippen molar-refractivity contribution in [3.63, 3.8) is 0 Å². The van der Waals surface area contributed by atoms with E-state index in [-0.39, 0.29) is 6.42 Å². The van der Waals surface area contributed by atoms with Crippen LogP contribution in [0.25, 0.3) is 0 Å². The molecule has 28 heavy (non-hydrogen) atoms. The smallest absolute Gasteiger partial charge is 0.306 e. The first kappa shape index (κ1) is 27.4. The Morgan fingerprint density at radius 3 is 1.57 bits per heavy atom. The molecule has 0 radical (unpaired) electrons. The molecule has 0 amide bonds. The van der Waals surface area contributed by atoms with E-state index in [2.05, 4.69) is 6.92 Å². The van der Waals surface area contributed by atoms with Gasteiger partial charge in [-0.05, 0) is 12.8 Å². The zero-order valence-corrected chi connectivity index (χ0v) is 18.4. The number of carboxylic acids is 1. The molecule has 0 heterocycles. The third kappa shape index (κ3) is 13.5. The van der Waals surface area contributed by atoms with E-state index >= 15 is 0 Å². The summed E-state index contributed by atoms with van der Waals surface area (Å²) in [6, 6.07) is 0. The van der Waals surface area contributed by atoms with Crippen LogP contribution in [0.5, 0.6) is 0 Å². The Balaban J connectivity index is 3.73. The van der Waals surface area contributed by atoms with Crippen LogP contribution >= 0.6 is 0 Å². The highest BCUT2D eigenvalue weighted by atomic mass is 16.4. The van der Waals surface area contributed by atoms with E-state index in [4.69, 9.17) is 5.11 Å². The zero-order chi connectivity index (χ0) is 21.3. The first-order chi connectivity index (χ1) is 13.4. The minimum atomic E-state index is -1.52.